The van der Waals surface area contributed by atoms with Gasteiger partial charge in [-0.2, -0.15) is 0 Å². The molecule has 0 unspecified atom stereocenters. The fraction of sp³-hybridized carbons (Fsp3) is 0.167. The van der Waals surface area contributed by atoms with E-state index in [-0.39, 0.29) is 20.9 Å². The maximum atomic E-state index is 10.4. The summed E-state index contributed by atoms with van der Waals surface area (Å²) >= 11 is 6.77. The van der Waals surface area contributed by atoms with Crippen molar-refractivity contribution >= 4 is 40.1 Å². The second-order valence-electron chi connectivity index (χ2n) is 1.90. The lowest BCUT2D eigenvalue weighted by Gasteiger charge is -1.91. The van der Waals surface area contributed by atoms with Crippen molar-refractivity contribution < 1.29 is 9.63 Å². The molecule has 1 heterocycles. The SMILES string of the molecule is CO/N=C(\[C]=O)c1nc(N)sc1Cl. The maximum Gasteiger partial charge on any atom is 0.259 e. The van der Waals surface area contributed by atoms with Crippen LogP contribution >= 0.6 is 22.9 Å². The van der Waals surface area contributed by atoms with Crippen LogP contribution in [-0.2, 0) is 9.63 Å². The molecule has 2 N–H and O–H groups in total. The highest BCUT2D eigenvalue weighted by Gasteiger charge is 2.14. The van der Waals surface area contributed by atoms with Crippen LogP contribution in [0.15, 0.2) is 5.16 Å². The molecule has 0 spiro atoms. The molecule has 0 fully saturated rings. The van der Waals surface area contributed by atoms with E-state index in [1.165, 1.54) is 7.11 Å². The molecule has 1 radical (unpaired) electrons. The first-order valence-corrected chi connectivity index (χ1v) is 4.30. The summed E-state index contributed by atoms with van der Waals surface area (Å²) in [5.74, 6) is 0. The minimum atomic E-state index is -0.0968. The van der Waals surface area contributed by atoms with Gasteiger partial charge in [0.25, 0.3) is 6.29 Å². The van der Waals surface area contributed by atoms with Gasteiger partial charge in [-0.3, -0.25) is 4.79 Å². The Labute approximate surface area is 83.2 Å². The van der Waals surface area contributed by atoms with Gasteiger partial charge in [-0.05, 0) is 0 Å². The van der Waals surface area contributed by atoms with Gasteiger partial charge < -0.3 is 10.6 Å². The number of nitrogens with zero attached hydrogens (tertiary/aromatic N) is 2. The molecule has 5 nitrogen and oxygen atoms in total. The predicted molar refractivity (Wildman–Crippen MR) is 50.8 cm³/mol. The van der Waals surface area contributed by atoms with Crippen LogP contribution in [0.5, 0.6) is 0 Å². The predicted octanol–water partition coefficient (Wildman–Crippen LogP) is 0.839. The molecule has 0 atom stereocenters. The van der Waals surface area contributed by atoms with Crippen LogP contribution in [-0.4, -0.2) is 24.1 Å². The summed E-state index contributed by atoms with van der Waals surface area (Å²) in [6.45, 7) is 0. The maximum absolute atomic E-state index is 10.4. The Morgan fingerprint density at radius 3 is 2.92 bits per heavy atom. The quantitative estimate of drug-likeness (QED) is 0.602. The van der Waals surface area contributed by atoms with Gasteiger partial charge >= 0.3 is 0 Å². The average Bonchev–Trinajstić information content (AvgIpc) is 2.41. The van der Waals surface area contributed by atoms with E-state index >= 15 is 0 Å². The third-order valence-corrected chi connectivity index (χ3v) is 2.19. The summed E-state index contributed by atoms with van der Waals surface area (Å²) in [5, 5.41) is 3.65. The zero-order valence-corrected chi connectivity index (χ0v) is 8.15. The van der Waals surface area contributed by atoms with Crippen LogP contribution < -0.4 is 5.73 Å². The van der Waals surface area contributed by atoms with Gasteiger partial charge in [0.15, 0.2) is 10.8 Å². The molecular weight excluding hydrogens is 214 g/mol. The van der Waals surface area contributed by atoms with Crippen molar-refractivity contribution in [1.82, 2.24) is 4.98 Å². The molecule has 13 heavy (non-hydrogen) atoms. The standard InChI is InChI=1S/C6H5ClN3O2S/c1-12-10-3(2-11)4-5(7)13-6(8)9-4/h1H3,(H2,8,9)/b10-3+. The molecule has 0 amide bonds. The fourth-order valence-electron chi connectivity index (χ4n) is 0.665. The average molecular weight is 219 g/mol. The third-order valence-electron chi connectivity index (χ3n) is 1.11. The Morgan fingerprint density at radius 1 is 1.85 bits per heavy atom. The molecule has 0 aliphatic heterocycles. The van der Waals surface area contributed by atoms with Crippen molar-refractivity contribution in [2.24, 2.45) is 5.16 Å². The molecule has 69 valence electrons. The van der Waals surface area contributed by atoms with Crippen molar-refractivity contribution in [3.8, 4) is 0 Å². The van der Waals surface area contributed by atoms with Gasteiger partial charge in [0.05, 0.1) is 0 Å². The molecule has 0 aliphatic rings. The fourth-order valence-corrected chi connectivity index (χ4v) is 1.59. The lowest BCUT2D eigenvalue weighted by molar-refractivity contribution is 0.214. The second kappa shape index (κ2) is 4.20. The number of oxime groups is 1. The van der Waals surface area contributed by atoms with Gasteiger partial charge in [-0.15, -0.1) is 0 Å². The van der Waals surface area contributed by atoms with Gasteiger partial charge in [0.1, 0.15) is 17.1 Å². The Bertz CT molecular complexity index is 350. The van der Waals surface area contributed by atoms with E-state index in [1.54, 1.807) is 6.29 Å². The van der Waals surface area contributed by atoms with Crippen LogP contribution in [0.1, 0.15) is 5.69 Å². The van der Waals surface area contributed by atoms with Crippen molar-refractivity contribution in [1.29, 1.82) is 0 Å². The van der Waals surface area contributed by atoms with Crippen molar-refractivity contribution in [3.05, 3.63) is 10.0 Å². The van der Waals surface area contributed by atoms with Crippen molar-refractivity contribution in [3.63, 3.8) is 0 Å². The first-order valence-electron chi connectivity index (χ1n) is 3.10. The molecular formula is C6H5ClN3O2S. The number of hydrogen-bond acceptors (Lipinski definition) is 6. The normalized spacial score (nSPS) is 11.4. The van der Waals surface area contributed by atoms with Gasteiger partial charge in [-0.25, -0.2) is 4.98 Å². The van der Waals surface area contributed by atoms with Crippen LogP contribution in [0, 0.1) is 0 Å². The lowest BCUT2D eigenvalue weighted by Crippen LogP contribution is -2.04. The Balaban J connectivity index is 3.11. The minimum absolute atomic E-state index is 0.0968. The molecule has 1 aromatic heterocycles. The molecule has 0 aliphatic carbocycles. The zero-order chi connectivity index (χ0) is 9.84. The van der Waals surface area contributed by atoms with E-state index < -0.39 is 0 Å². The van der Waals surface area contributed by atoms with E-state index in [0.29, 0.717) is 0 Å². The first kappa shape index (κ1) is 9.94. The van der Waals surface area contributed by atoms with Gasteiger partial charge in [0.2, 0.25) is 0 Å². The summed E-state index contributed by atoms with van der Waals surface area (Å²) in [6, 6.07) is 0. The Kier molecular flexibility index (Phi) is 3.21. The summed E-state index contributed by atoms with van der Waals surface area (Å²) in [5.41, 5.74) is 5.46. The highest BCUT2D eigenvalue weighted by Crippen LogP contribution is 2.25. The number of carbonyl (C=O) groups excluding carboxylic acids is 1. The number of nitrogens with two attached hydrogens (primary N) is 1. The highest BCUT2D eigenvalue weighted by molar-refractivity contribution is 7.19. The smallest absolute Gasteiger partial charge is 0.259 e. The van der Waals surface area contributed by atoms with E-state index in [2.05, 4.69) is 15.0 Å². The molecule has 0 saturated heterocycles. The summed E-state index contributed by atoms with van der Waals surface area (Å²) in [6.07, 6.45) is 1.55. The molecule has 0 saturated carbocycles. The Hall–Kier alpha value is -1.14. The second-order valence-corrected chi connectivity index (χ2v) is 3.53. The minimum Gasteiger partial charge on any atom is -0.398 e. The Morgan fingerprint density at radius 2 is 2.54 bits per heavy atom. The highest BCUT2D eigenvalue weighted by atomic mass is 35.5. The number of aromatic nitrogens is 1. The van der Waals surface area contributed by atoms with Crippen molar-refractivity contribution in [2.75, 3.05) is 12.8 Å². The van der Waals surface area contributed by atoms with Gasteiger partial charge in [-0.1, -0.05) is 28.1 Å². The topological polar surface area (TPSA) is 77.6 Å². The first-order chi connectivity index (χ1) is 6.19. The van der Waals surface area contributed by atoms with Gasteiger partial charge in [0, 0.05) is 0 Å². The number of hydrogen-bond donors (Lipinski definition) is 1. The van der Waals surface area contributed by atoms with Crippen molar-refractivity contribution in [2.45, 2.75) is 0 Å². The zero-order valence-electron chi connectivity index (χ0n) is 6.57. The molecule has 1 rings (SSSR count). The molecule has 7 heteroatoms. The largest absolute Gasteiger partial charge is 0.398 e. The summed E-state index contributed by atoms with van der Waals surface area (Å²) in [4.78, 5) is 18.6. The van der Waals surface area contributed by atoms with E-state index in [0.717, 1.165) is 11.3 Å². The van der Waals surface area contributed by atoms with Crippen LogP contribution in [0.4, 0.5) is 5.13 Å². The van der Waals surface area contributed by atoms with Crippen LogP contribution in [0.25, 0.3) is 0 Å². The van der Waals surface area contributed by atoms with E-state index in [1.807, 2.05) is 0 Å². The number of anilines is 1. The van der Waals surface area contributed by atoms with E-state index in [4.69, 9.17) is 17.3 Å². The number of rotatable bonds is 3. The summed E-state index contributed by atoms with van der Waals surface area (Å²) in [7, 11) is 1.31. The lowest BCUT2D eigenvalue weighted by atomic mass is 10.3. The third kappa shape index (κ3) is 2.16. The molecule has 0 aromatic carbocycles. The number of halogens is 1. The number of nitrogen functional groups attached to an aromatic ring is 1. The molecule has 1 aromatic rings. The molecule has 0 bridgehead atoms. The monoisotopic (exact) mass is 218 g/mol. The van der Waals surface area contributed by atoms with Crippen LogP contribution in [0.3, 0.4) is 0 Å². The van der Waals surface area contributed by atoms with E-state index in [9.17, 15) is 4.79 Å². The summed E-state index contributed by atoms with van der Waals surface area (Å²) < 4.78 is 0.289. The van der Waals surface area contributed by atoms with Crippen LogP contribution in [0.2, 0.25) is 4.34 Å². The number of thiazole rings is 1.